The van der Waals surface area contributed by atoms with Crippen molar-refractivity contribution in [3.05, 3.63) is 30.1 Å². The normalized spacial score (nSPS) is 11.3. The van der Waals surface area contributed by atoms with Crippen molar-refractivity contribution in [2.45, 2.75) is 6.54 Å². The molecule has 0 aliphatic carbocycles. The van der Waals surface area contributed by atoms with E-state index in [2.05, 4.69) is 10.3 Å². The molecule has 0 saturated heterocycles. The smallest absolute Gasteiger partial charge is 0.232 e. The van der Waals surface area contributed by atoms with E-state index in [0.717, 1.165) is 5.69 Å². The van der Waals surface area contributed by atoms with Crippen LogP contribution in [0.2, 0.25) is 0 Å². The first-order chi connectivity index (χ1) is 7.99. The highest BCUT2D eigenvalue weighted by molar-refractivity contribution is 7.92. The van der Waals surface area contributed by atoms with Gasteiger partial charge in [0.25, 0.3) is 0 Å². The quantitative estimate of drug-likeness (QED) is 0.614. The summed E-state index contributed by atoms with van der Waals surface area (Å²) in [6, 6.07) is 5.50. The van der Waals surface area contributed by atoms with Gasteiger partial charge in [-0.25, -0.2) is 8.42 Å². The Bertz CT molecular complexity index is 459. The second kappa shape index (κ2) is 6.31. The van der Waals surface area contributed by atoms with E-state index in [0.29, 0.717) is 6.54 Å². The molecule has 0 unspecified atom stereocenters. The first kappa shape index (κ1) is 13.6. The summed E-state index contributed by atoms with van der Waals surface area (Å²) in [5, 5.41) is 2.94. The third-order valence-corrected chi connectivity index (χ3v) is 3.53. The van der Waals surface area contributed by atoms with Crippen LogP contribution in [0.4, 0.5) is 0 Å². The Labute approximate surface area is 100 Å². The molecule has 0 aliphatic heterocycles. The second-order valence-electron chi connectivity index (χ2n) is 3.56. The fourth-order valence-corrected chi connectivity index (χ4v) is 2.27. The molecule has 1 amide bonds. The summed E-state index contributed by atoms with van der Waals surface area (Å²) in [6.45, 7) is 0.763. The van der Waals surface area contributed by atoms with Gasteiger partial charge in [-0.3, -0.25) is 9.78 Å². The number of nitrogens with zero attached hydrogens (tertiary/aromatic N) is 1. The maximum absolute atomic E-state index is 11.3. The molecule has 0 spiro atoms. The van der Waals surface area contributed by atoms with E-state index in [4.69, 9.17) is 5.73 Å². The van der Waals surface area contributed by atoms with Gasteiger partial charge in [0, 0.05) is 19.3 Å². The number of pyridine rings is 1. The highest BCUT2D eigenvalue weighted by Gasteiger charge is 2.13. The summed E-state index contributed by atoms with van der Waals surface area (Å²) in [6.07, 6.45) is 1.67. The van der Waals surface area contributed by atoms with Gasteiger partial charge in [0.15, 0.2) is 9.84 Å². The molecule has 1 aromatic heterocycles. The Kier molecular flexibility index (Phi) is 5.05. The molecular formula is C10H15N3O3S. The molecule has 0 atom stereocenters. The molecule has 94 valence electrons. The lowest BCUT2D eigenvalue weighted by molar-refractivity contribution is -0.115. The number of sulfone groups is 1. The summed E-state index contributed by atoms with van der Waals surface area (Å²) in [5.41, 5.74) is 5.66. The maximum Gasteiger partial charge on any atom is 0.232 e. The fourth-order valence-electron chi connectivity index (χ4n) is 1.24. The molecule has 6 nitrogen and oxygen atoms in total. The van der Waals surface area contributed by atoms with Crippen LogP contribution in [0.3, 0.4) is 0 Å². The Morgan fingerprint density at radius 1 is 1.41 bits per heavy atom. The molecule has 0 fully saturated rings. The van der Waals surface area contributed by atoms with Crippen molar-refractivity contribution < 1.29 is 13.2 Å². The average Bonchev–Trinajstić information content (AvgIpc) is 2.24. The second-order valence-corrected chi connectivity index (χ2v) is 5.74. The summed E-state index contributed by atoms with van der Waals surface area (Å²) < 4.78 is 22.6. The highest BCUT2D eigenvalue weighted by Crippen LogP contribution is 1.92. The molecule has 0 aromatic carbocycles. The average molecular weight is 257 g/mol. The topological polar surface area (TPSA) is 102 Å². The molecule has 1 heterocycles. The molecule has 0 saturated carbocycles. The zero-order chi connectivity index (χ0) is 12.7. The summed E-state index contributed by atoms with van der Waals surface area (Å²) in [4.78, 5) is 14.6. The van der Waals surface area contributed by atoms with Gasteiger partial charge in [-0.2, -0.15) is 0 Å². The van der Waals surface area contributed by atoms with Crippen molar-refractivity contribution in [2.75, 3.05) is 18.1 Å². The lowest BCUT2D eigenvalue weighted by Gasteiger charge is -2.04. The number of hydrogen-bond acceptors (Lipinski definition) is 5. The van der Waals surface area contributed by atoms with Crippen LogP contribution >= 0.6 is 0 Å². The van der Waals surface area contributed by atoms with Crippen molar-refractivity contribution in [3.8, 4) is 0 Å². The monoisotopic (exact) mass is 257 g/mol. The van der Waals surface area contributed by atoms with Crippen LogP contribution in [-0.4, -0.2) is 37.4 Å². The predicted octanol–water partition coefficient (Wildman–Crippen LogP) is -0.929. The number of primary amides is 1. The Morgan fingerprint density at radius 3 is 2.76 bits per heavy atom. The lowest BCUT2D eigenvalue weighted by atomic mass is 10.3. The van der Waals surface area contributed by atoms with Gasteiger partial charge >= 0.3 is 0 Å². The van der Waals surface area contributed by atoms with Crippen molar-refractivity contribution in [1.29, 1.82) is 0 Å². The molecule has 1 rings (SSSR count). The number of nitrogens with one attached hydrogen (secondary N) is 1. The minimum absolute atomic E-state index is 0.108. The van der Waals surface area contributed by atoms with Gasteiger partial charge in [0.2, 0.25) is 5.91 Å². The first-order valence-electron chi connectivity index (χ1n) is 5.09. The van der Waals surface area contributed by atoms with Gasteiger partial charge in [-0.1, -0.05) is 6.07 Å². The number of nitrogens with two attached hydrogens (primary N) is 1. The lowest BCUT2D eigenvalue weighted by Crippen LogP contribution is -2.29. The van der Waals surface area contributed by atoms with Crippen LogP contribution < -0.4 is 11.1 Å². The largest absolute Gasteiger partial charge is 0.369 e. The summed E-state index contributed by atoms with van der Waals surface area (Å²) in [5.74, 6) is -1.53. The molecule has 0 radical (unpaired) electrons. The third kappa shape index (κ3) is 5.98. The van der Waals surface area contributed by atoms with Crippen LogP contribution in [0.1, 0.15) is 5.69 Å². The standard InChI is InChI=1S/C10H15N3O3S/c11-10(14)8-17(15,16)6-5-12-7-9-3-1-2-4-13-9/h1-4,12H,5-8H2,(H2,11,14). The minimum Gasteiger partial charge on any atom is -0.369 e. The highest BCUT2D eigenvalue weighted by atomic mass is 32.2. The van der Waals surface area contributed by atoms with E-state index < -0.39 is 21.5 Å². The van der Waals surface area contributed by atoms with Gasteiger partial charge in [0.05, 0.1) is 11.4 Å². The van der Waals surface area contributed by atoms with Crippen LogP contribution in [0, 0.1) is 0 Å². The number of carbonyl (C=O) groups excluding carboxylic acids is 1. The summed E-state index contributed by atoms with van der Waals surface area (Å²) in [7, 11) is -3.39. The zero-order valence-corrected chi connectivity index (χ0v) is 10.1. The van der Waals surface area contributed by atoms with Crippen molar-refractivity contribution in [2.24, 2.45) is 5.73 Å². The Balaban J connectivity index is 2.27. The van der Waals surface area contributed by atoms with E-state index in [1.165, 1.54) is 0 Å². The van der Waals surface area contributed by atoms with Crippen molar-refractivity contribution >= 4 is 15.7 Å². The molecule has 3 N–H and O–H groups in total. The summed E-state index contributed by atoms with van der Waals surface area (Å²) >= 11 is 0. The van der Waals surface area contributed by atoms with Crippen LogP contribution in [-0.2, 0) is 21.2 Å². The van der Waals surface area contributed by atoms with Gasteiger partial charge in [-0.15, -0.1) is 0 Å². The molecule has 0 bridgehead atoms. The van der Waals surface area contributed by atoms with E-state index in [-0.39, 0.29) is 12.3 Å². The number of aromatic nitrogens is 1. The van der Waals surface area contributed by atoms with Gasteiger partial charge < -0.3 is 11.1 Å². The van der Waals surface area contributed by atoms with E-state index in [9.17, 15) is 13.2 Å². The van der Waals surface area contributed by atoms with Crippen LogP contribution in [0.5, 0.6) is 0 Å². The predicted molar refractivity (Wildman–Crippen MR) is 63.8 cm³/mol. The SMILES string of the molecule is NC(=O)CS(=O)(=O)CCNCc1ccccn1. The number of rotatable bonds is 7. The molecule has 0 aliphatic rings. The number of carbonyl (C=O) groups is 1. The van der Waals surface area contributed by atoms with Crippen molar-refractivity contribution in [1.82, 2.24) is 10.3 Å². The minimum atomic E-state index is -3.39. The van der Waals surface area contributed by atoms with E-state index in [1.807, 2.05) is 12.1 Å². The fraction of sp³-hybridized carbons (Fsp3) is 0.400. The molecular weight excluding hydrogens is 242 g/mol. The number of amides is 1. The Hall–Kier alpha value is -1.47. The van der Waals surface area contributed by atoms with E-state index >= 15 is 0 Å². The Morgan fingerprint density at radius 2 is 2.18 bits per heavy atom. The van der Waals surface area contributed by atoms with Crippen LogP contribution in [0.25, 0.3) is 0 Å². The van der Waals surface area contributed by atoms with Gasteiger partial charge in [0.1, 0.15) is 5.75 Å². The zero-order valence-electron chi connectivity index (χ0n) is 9.30. The van der Waals surface area contributed by atoms with Gasteiger partial charge in [-0.05, 0) is 12.1 Å². The van der Waals surface area contributed by atoms with Crippen molar-refractivity contribution in [3.63, 3.8) is 0 Å². The number of hydrogen-bond donors (Lipinski definition) is 2. The van der Waals surface area contributed by atoms with E-state index in [1.54, 1.807) is 12.3 Å². The molecule has 1 aromatic rings. The molecule has 7 heteroatoms. The first-order valence-corrected chi connectivity index (χ1v) is 6.91. The van der Waals surface area contributed by atoms with Crippen LogP contribution in [0.15, 0.2) is 24.4 Å². The third-order valence-electron chi connectivity index (χ3n) is 1.98. The molecule has 17 heavy (non-hydrogen) atoms. The maximum atomic E-state index is 11.3.